The highest BCUT2D eigenvalue weighted by Crippen LogP contribution is 2.27. The van der Waals surface area contributed by atoms with Crippen LogP contribution in [0.3, 0.4) is 0 Å². The van der Waals surface area contributed by atoms with Crippen LogP contribution >= 0.6 is 0 Å². The van der Waals surface area contributed by atoms with Crippen LogP contribution in [0.5, 0.6) is 5.75 Å². The fraction of sp³-hybridized carbons (Fsp3) is 0.450. The molecule has 0 bridgehead atoms. The number of aromatic nitrogens is 1. The van der Waals surface area contributed by atoms with E-state index < -0.39 is 10.0 Å². The molecule has 27 heavy (non-hydrogen) atoms. The Bertz CT molecular complexity index is 882. The number of hydrogen-bond acceptors (Lipinski definition) is 5. The number of nitrogens with one attached hydrogen (secondary N) is 1. The number of anilines is 2. The summed E-state index contributed by atoms with van der Waals surface area (Å²) in [5.41, 5.74) is 1.22. The summed E-state index contributed by atoms with van der Waals surface area (Å²) >= 11 is 0. The predicted molar refractivity (Wildman–Crippen MR) is 108 cm³/mol. The lowest BCUT2D eigenvalue weighted by molar-refractivity contribution is 0.411. The minimum Gasteiger partial charge on any atom is -0.496 e. The van der Waals surface area contributed by atoms with E-state index in [1.54, 1.807) is 31.5 Å². The summed E-state index contributed by atoms with van der Waals surface area (Å²) in [4.78, 5) is 7.03. The second-order valence-corrected chi connectivity index (χ2v) is 8.58. The molecule has 1 aliphatic rings. The zero-order chi connectivity index (χ0) is 19.4. The maximum absolute atomic E-state index is 12.6. The molecule has 1 aliphatic heterocycles. The van der Waals surface area contributed by atoms with Gasteiger partial charge in [0.1, 0.15) is 11.6 Å². The van der Waals surface area contributed by atoms with Crippen LogP contribution in [0.25, 0.3) is 0 Å². The zero-order valence-corrected chi connectivity index (χ0v) is 16.9. The highest BCUT2D eigenvalue weighted by Gasteiger charge is 2.22. The largest absolute Gasteiger partial charge is 0.496 e. The van der Waals surface area contributed by atoms with Crippen molar-refractivity contribution in [3.05, 3.63) is 42.1 Å². The number of sulfonamides is 1. The molecule has 2 heterocycles. The van der Waals surface area contributed by atoms with E-state index in [9.17, 15) is 8.42 Å². The summed E-state index contributed by atoms with van der Waals surface area (Å²) in [6.45, 7) is 5.01. The van der Waals surface area contributed by atoms with Crippen LogP contribution in [-0.2, 0) is 10.0 Å². The lowest BCUT2D eigenvalue weighted by atomic mass is 10.00. The van der Waals surface area contributed by atoms with E-state index in [0.717, 1.165) is 24.3 Å². The summed E-state index contributed by atoms with van der Waals surface area (Å²) < 4.78 is 33.1. The van der Waals surface area contributed by atoms with Gasteiger partial charge in [-0.1, -0.05) is 6.92 Å². The summed E-state index contributed by atoms with van der Waals surface area (Å²) in [6.07, 6.45) is 6.29. The topological polar surface area (TPSA) is 71.5 Å². The van der Waals surface area contributed by atoms with Crippen LogP contribution in [0.15, 0.2) is 41.4 Å². The molecular weight excluding hydrogens is 362 g/mol. The van der Waals surface area contributed by atoms with Gasteiger partial charge in [-0.25, -0.2) is 13.4 Å². The number of aryl methyl sites for hydroxylation is 1. The fourth-order valence-corrected chi connectivity index (χ4v) is 4.70. The molecule has 0 aliphatic carbocycles. The average molecular weight is 390 g/mol. The lowest BCUT2D eigenvalue weighted by Gasteiger charge is -2.36. The maximum atomic E-state index is 12.6. The van der Waals surface area contributed by atoms with Crippen LogP contribution in [0.1, 0.15) is 38.2 Å². The molecule has 0 spiro atoms. The van der Waals surface area contributed by atoms with Gasteiger partial charge in [-0.15, -0.1) is 0 Å². The first-order valence-electron chi connectivity index (χ1n) is 9.34. The average Bonchev–Trinajstić information content (AvgIpc) is 2.68. The molecular formula is C20H27N3O3S. The first-order valence-corrected chi connectivity index (χ1v) is 10.8. The second-order valence-electron chi connectivity index (χ2n) is 6.89. The molecule has 1 atom stereocenters. The molecule has 0 radical (unpaired) electrons. The molecule has 1 unspecified atom stereocenters. The van der Waals surface area contributed by atoms with Crippen molar-refractivity contribution in [2.24, 2.45) is 0 Å². The first-order chi connectivity index (χ1) is 12.9. The number of nitrogens with zero attached hydrogens (tertiary/aromatic N) is 2. The van der Waals surface area contributed by atoms with Crippen molar-refractivity contribution in [1.82, 2.24) is 4.98 Å². The van der Waals surface area contributed by atoms with Crippen molar-refractivity contribution in [2.75, 3.05) is 23.3 Å². The molecule has 1 fully saturated rings. The van der Waals surface area contributed by atoms with E-state index in [2.05, 4.69) is 21.5 Å². The summed E-state index contributed by atoms with van der Waals surface area (Å²) in [7, 11) is -2.11. The van der Waals surface area contributed by atoms with Crippen LogP contribution in [0.2, 0.25) is 0 Å². The summed E-state index contributed by atoms with van der Waals surface area (Å²) in [5.74, 6) is 1.57. The van der Waals surface area contributed by atoms with Gasteiger partial charge in [-0.2, -0.15) is 0 Å². The van der Waals surface area contributed by atoms with Crippen molar-refractivity contribution >= 4 is 21.5 Å². The molecule has 0 amide bonds. The first kappa shape index (κ1) is 19.5. The number of ether oxygens (including phenoxy) is 1. The van der Waals surface area contributed by atoms with Gasteiger partial charge in [0.2, 0.25) is 0 Å². The molecule has 0 saturated carbocycles. The summed E-state index contributed by atoms with van der Waals surface area (Å²) in [6, 6.07) is 8.98. The van der Waals surface area contributed by atoms with Crippen molar-refractivity contribution in [2.45, 2.75) is 50.5 Å². The molecule has 7 heteroatoms. The number of rotatable bonds is 6. The van der Waals surface area contributed by atoms with Crippen molar-refractivity contribution in [1.29, 1.82) is 0 Å². The van der Waals surface area contributed by atoms with Gasteiger partial charge < -0.3 is 9.64 Å². The Labute approximate surface area is 161 Å². The number of methoxy groups -OCH3 is 1. The third-order valence-electron chi connectivity index (χ3n) is 5.07. The van der Waals surface area contributed by atoms with Crippen molar-refractivity contribution in [3.63, 3.8) is 0 Å². The Balaban J connectivity index is 1.76. The van der Waals surface area contributed by atoms with Crippen LogP contribution in [-0.4, -0.2) is 33.1 Å². The van der Waals surface area contributed by atoms with E-state index in [1.165, 1.54) is 25.3 Å². The molecule has 146 valence electrons. The quantitative estimate of drug-likeness (QED) is 0.809. The minimum atomic E-state index is -3.67. The highest BCUT2D eigenvalue weighted by atomic mass is 32.2. The Kier molecular flexibility index (Phi) is 5.89. The number of benzene rings is 1. The van der Waals surface area contributed by atoms with Gasteiger partial charge in [-0.3, -0.25) is 4.72 Å². The normalized spacial score (nSPS) is 17.6. The SMILES string of the molecule is CCC1CCCCN1c1ccc(NS(=O)(=O)c2ccc(OC)c(C)c2)cn1. The van der Waals surface area contributed by atoms with Gasteiger partial charge in [0.25, 0.3) is 10.0 Å². The molecule has 6 nitrogen and oxygen atoms in total. The monoisotopic (exact) mass is 389 g/mol. The minimum absolute atomic E-state index is 0.201. The molecule has 1 aromatic heterocycles. The smallest absolute Gasteiger partial charge is 0.261 e. The zero-order valence-electron chi connectivity index (χ0n) is 16.1. The number of hydrogen-bond donors (Lipinski definition) is 1. The van der Waals surface area contributed by atoms with Gasteiger partial charge in [-0.05, 0) is 68.5 Å². The Morgan fingerprint density at radius 1 is 1.26 bits per heavy atom. The van der Waals surface area contributed by atoms with Gasteiger partial charge in [0.15, 0.2) is 0 Å². The molecule has 1 aromatic carbocycles. The lowest BCUT2D eigenvalue weighted by Crippen LogP contribution is -2.39. The van der Waals surface area contributed by atoms with Gasteiger partial charge >= 0.3 is 0 Å². The van der Waals surface area contributed by atoms with E-state index in [1.807, 2.05) is 13.0 Å². The van der Waals surface area contributed by atoms with Gasteiger partial charge in [0.05, 0.1) is 23.9 Å². The Hall–Kier alpha value is -2.28. The number of pyridine rings is 1. The highest BCUT2D eigenvalue weighted by molar-refractivity contribution is 7.92. The second kappa shape index (κ2) is 8.17. The van der Waals surface area contributed by atoms with Crippen molar-refractivity contribution < 1.29 is 13.2 Å². The third kappa shape index (κ3) is 4.35. The number of piperidine rings is 1. The third-order valence-corrected chi connectivity index (χ3v) is 6.45. The fourth-order valence-electron chi connectivity index (χ4n) is 3.58. The van der Waals surface area contributed by atoms with Crippen LogP contribution in [0, 0.1) is 6.92 Å². The molecule has 1 N–H and O–H groups in total. The van der Waals surface area contributed by atoms with E-state index in [4.69, 9.17) is 4.74 Å². The molecule has 2 aromatic rings. The van der Waals surface area contributed by atoms with E-state index in [-0.39, 0.29) is 4.90 Å². The van der Waals surface area contributed by atoms with Crippen LogP contribution < -0.4 is 14.4 Å². The maximum Gasteiger partial charge on any atom is 0.261 e. The summed E-state index contributed by atoms with van der Waals surface area (Å²) in [5, 5.41) is 0. The standard InChI is InChI=1S/C20H27N3O3S/c1-4-17-7-5-6-12-23(17)20-11-8-16(14-21-20)22-27(24,25)18-9-10-19(26-3)15(2)13-18/h8-11,13-14,17,22H,4-7,12H2,1-3H3. The van der Waals surface area contributed by atoms with Crippen molar-refractivity contribution in [3.8, 4) is 5.75 Å². The van der Waals surface area contributed by atoms with Crippen LogP contribution in [0.4, 0.5) is 11.5 Å². The Morgan fingerprint density at radius 2 is 2.07 bits per heavy atom. The van der Waals surface area contributed by atoms with E-state index >= 15 is 0 Å². The molecule has 1 saturated heterocycles. The molecule has 3 rings (SSSR count). The Morgan fingerprint density at radius 3 is 2.70 bits per heavy atom. The van der Waals surface area contributed by atoms with Gasteiger partial charge in [0, 0.05) is 12.6 Å². The van der Waals surface area contributed by atoms with E-state index in [0.29, 0.717) is 17.5 Å². The predicted octanol–water partition coefficient (Wildman–Crippen LogP) is 3.97.